The Morgan fingerprint density at radius 2 is 2.36 bits per heavy atom. The van der Waals surface area contributed by atoms with E-state index in [-0.39, 0.29) is 18.1 Å². The van der Waals surface area contributed by atoms with Crippen LogP contribution in [-0.2, 0) is 14.3 Å². The van der Waals surface area contributed by atoms with Crippen LogP contribution in [0.25, 0.3) is 0 Å². The van der Waals surface area contributed by atoms with Gasteiger partial charge in [0.25, 0.3) is 0 Å². The maximum atomic E-state index is 10.9. The zero-order valence-corrected chi connectivity index (χ0v) is 6.58. The topological polar surface area (TPSA) is 61.5 Å². The summed E-state index contributed by atoms with van der Waals surface area (Å²) in [6, 6.07) is 0.0795. The summed E-state index contributed by atoms with van der Waals surface area (Å²) in [7, 11) is 1.36. The van der Waals surface area contributed by atoms with Crippen LogP contribution in [-0.4, -0.2) is 31.8 Å². The molecule has 0 spiro atoms. The highest BCUT2D eigenvalue weighted by Crippen LogP contribution is 2.12. The number of hydrogen-bond donors (Lipinski definition) is 1. The van der Waals surface area contributed by atoms with Gasteiger partial charge in [0.15, 0.2) is 6.10 Å². The van der Waals surface area contributed by atoms with Gasteiger partial charge >= 0.3 is 5.97 Å². The molecule has 0 aromatic rings. The molecular formula is C7H13NO3. The summed E-state index contributed by atoms with van der Waals surface area (Å²) in [6.07, 6.45) is 1.12. The molecular weight excluding hydrogens is 146 g/mol. The molecule has 0 aromatic carbocycles. The fourth-order valence-corrected chi connectivity index (χ4v) is 1.09. The minimum Gasteiger partial charge on any atom is -0.467 e. The molecule has 0 amide bonds. The molecule has 0 saturated carbocycles. The van der Waals surface area contributed by atoms with Gasteiger partial charge in [-0.3, -0.25) is 0 Å². The van der Waals surface area contributed by atoms with Crippen LogP contribution < -0.4 is 5.73 Å². The lowest BCUT2D eigenvalue weighted by atomic mass is 10.1. The van der Waals surface area contributed by atoms with E-state index in [1.165, 1.54) is 7.11 Å². The number of carbonyl (C=O) groups excluding carboxylic acids is 1. The molecule has 1 rings (SSSR count). The highest BCUT2D eigenvalue weighted by atomic mass is 16.6. The molecule has 2 atom stereocenters. The first-order valence-electron chi connectivity index (χ1n) is 3.69. The molecule has 2 N–H and O–H groups in total. The number of methoxy groups -OCH3 is 1. The Morgan fingerprint density at radius 1 is 1.64 bits per heavy atom. The van der Waals surface area contributed by atoms with E-state index in [9.17, 15) is 4.79 Å². The molecule has 4 nitrogen and oxygen atoms in total. The second-order valence-corrected chi connectivity index (χ2v) is 2.68. The molecule has 1 heterocycles. The van der Waals surface area contributed by atoms with E-state index in [0.717, 1.165) is 6.42 Å². The maximum absolute atomic E-state index is 10.9. The zero-order valence-electron chi connectivity index (χ0n) is 6.58. The Hall–Kier alpha value is -0.610. The van der Waals surface area contributed by atoms with Crippen LogP contribution in [0.3, 0.4) is 0 Å². The molecule has 1 aliphatic rings. The van der Waals surface area contributed by atoms with Crippen LogP contribution in [0.2, 0.25) is 0 Å². The van der Waals surface area contributed by atoms with Gasteiger partial charge in [0.2, 0.25) is 0 Å². The van der Waals surface area contributed by atoms with Crippen molar-refractivity contribution in [1.82, 2.24) is 0 Å². The lowest BCUT2D eigenvalue weighted by molar-refractivity contribution is -0.157. The van der Waals surface area contributed by atoms with Gasteiger partial charge in [0.05, 0.1) is 13.7 Å². The van der Waals surface area contributed by atoms with E-state index >= 15 is 0 Å². The van der Waals surface area contributed by atoms with Crippen molar-refractivity contribution in [3.63, 3.8) is 0 Å². The quantitative estimate of drug-likeness (QED) is 0.532. The van der Waals surface area contributed by atoms with E-state index < -0.39 is 0 Å². The molecule has 64 valence electrons. The minimum absolute atomic E-state index is 0.0795. The van der Waals surface area contributed by atoms with Crippen LogP contribution in [0.4, 0.5) is 0 Å². The molecule has 4 heteroatoms. The van der Waals surface area contributed by atoms with Crippen molar-refractivity contribution in [2.45, 2.75) is 25.0 Å². The van der Waals surface area contributed by atoms with Crippen molar-refractivity contribution < 1.29 is 14.3 Å². The predicted octanol–water partition coefficient (Wildman–Crippen LogP) is -0.334. The SMILES string of the molecule is COC(=O)[C@@H]1CC[C@@H](N)CO1. The first kappa shape index (κ1) is 8.49. The summed E-state index contributed by atoms with van der Waals surface area (Å²) in [6.45, 7) is 0.458. The van der Waals surface area contributed by atoms with Gasteiger partial charge in [0, 0.05) is 6.04 Å². The lowest BCUT2D eigenvalue weighted by Gasteiger charge is -2.24. The number of rotatable bonds is 1. The number of hydrogen-bond acceptors (Lipinski definition) is 4. The van der Waals surface area contributed by atoms with Crippen molar-refractivity contribution in [1.29, 1.82) is 0 Å². The van der Waals surface area contributed by atoms with Crippen molar-refractivity contribution in [2.24, 2.45) is 5.73 Å². The van der Waals surface area contributed by atoms with E-state index in [1.54, 1.807) is 0 Å². The largest absolute Gasteiger partial charge is 0.467 e. The molecule has 0 unspecified atom stereocenters. The van der Waals surface area contributed by atoms with E-state index in [4.69, 9.17) is 10.5 Å². The van der Waals surface area contributed by atoms with Gasteiger partial charge in [-0.1, -0.05) is 0 Å². The molecule has 11 heavy (non-hydrogen) atoms. The average molecular weight is 159 g/mol. The monoisotopic (exact) mass is 159 g/mol. The first-order valence-corrected chi connectivity index (χ1v) is 3.69. The molecule has 0 aliphatic carbocycles. The maximum Gasteiger partial charge on any atom is 0.334 e. The van der Waals surface area contributed by atoms with Gasteiger partial charge in [-0.2, -0.15) is 0 Å². The van der Waals surface area contributed by atoms with Gasteiger partial charge in [-0.25, -0.2) is 4.79 Å². The third kappa shape index (κ3) is 2.17. The molecule has 1 fully saturated rings. The summed E-state index contributed by atoms with van der Waals surface area (Å²) in [5.74, 6) is -0.295. The Morgan fingerprint density at radius 3 is 2.82 bits per heavy atom. The van der Waals surface area contributed by atoms with Gasteiger partial charge in [0.1, 0.15) is 0 Å². The summed E-state index contributed by atoms with van der Waals surface area (Å²) in [4.78, 5) is 10.9. The van der Waals surface area contributed by atoms with Crippen LogP contribution in [0, 0.1) is 0 Å². The van der Waals surface area contributed by atoms with Gasteiger partial charge in [-0.05, 0) is 12.8 Å². The van der Waals surface area contributed by atoms with Gasteiger partial charge in [-0.15, -0.1) is 0 Å². The molecule has 0 aromatic heterocycles. The van der Waals surface area contributed by atoms with Gasteiger partial charge < -0.3 is 15.2 Å². The first-order chi connectivity index (χ1) is 5.24. The Bertz CT molecular complexity index is 141. The second-order valence-electron chi connectivity index (χ2n) is 2.68. The highest BCUT2D eigenvalue weighted by molar-refractivity contribution is 5.74. The number of carbonyl (C=O) groups is 1. The zero-order chi connectivity index (χ0) is 8.27. The lowest BCUT2D eigenvalue weighted by Crippen LogP contribution is -2.39. The molecule has 0 radical (unpaired) electrons. The third-order valence-corrected chi connectivity index (χ3v) is 1.78. The van der Waals surface area contributed by atoms with Crippen molar-refractivity contribution in [3.8, 4) is 0 Å². The molecule has 1 saturated heterocycles. The highest BCUT2D eigenvalue weighted by Gasteiger charge is 2.25. The summed E-state index contributed by atoms with van der Waals surface area (Å²) in [5.41, 5.74) is 5.56. The van der Waals surface area contributed by atoms with E-state index in [1.807, 2.05) is 0 Å². The Kier molecular flexibility index (Phi) is 2.84. The van der Waals surface area contributed by atoms with Crippen LogP contribution in [0.1, 0.15) is 12.8 Å². The minimum atomic E-state index is -0.389. The van der Waals surface area contributed by atoms with Crippen LogP contribution in [0.15, 0.2) is 0 Å². The summed E-state index contributed by atoms with van der Waals surface area (Å²) in [5, 5.41) is 0. The normalized spacial score (nSPS) is 31.5. The van der Waals surface area contributed by atoms with Crippen LogP contribution >= 0.6 is 0 Å². The van der Waals surface area contributed by atoms with Crippen molar-refractivity contribution in [2.75, 3.05) is 13.7 Å². The van der Waals surface area contributed by atoms with E-state index in [0.29, 0.717) is 13.0 Å². The number of nitrogens with two attached hydrogens (primary N) is 1. The van der Waals surface area contributed by atoms with E-state index in [2.05, 4.69) is 4.74 Å². The molecule has 1 aliphatic heterocycles. The average Bonchev–Trinajstić information content (AvgIpc) is 2.05. The summed E-state index contributed by atoms with van der Waals surface area (Å²) < 4.78 is 9.66. The predicted molar refractivity (Wildman–Crippen MR) is 39.0 cm³/mol. The van der Waals surface area contributed by atoms with Crippen molar-refractivity contribution >= 4 is 5.97 Å². The van der Waals surface area contributed by atoms with Crippen LogP contribution in [0.5, 0.6) is 0 Å². The summed E-state index contributed by atoms with van der Waals surface area (Å²) >= 11 is 0. The standard InChI is InChI=1S/C7H13NO3/c1-10-7(9)6-3-2-5(8)4-11-6/h5-6H,2-4,8H2,1H3/t5-,6+/m1/s1. The Labute approximate surface area is 65.7 Å². The Balaban J connectivity index is 2.33. The molecule has 0 bridgehead atoms. The fourth-order valence-electron chi connectivity index (χ4n) is 1.09. The number of ether oxygens (including phenoxy) is 2. The smallest absolute Gasteiger partial charge is 0.334 e. The second kappa shape index (κ2) is 3.69. The number of esters is 1. The fraction of sp³-hybridized carbons (Fsp3) is 0.857. The van der Waals surface area contributed by atoms with Crippen molar-refractivity contribution in [3.05, 3.63) is 0 Å². The third-order valence-electron chi connectivity index (χ3n) is 1.78.